The summed E-state index contributed by atoms with van der Waals surface area (Å²) < 4.78 is 4.95. The van der Waals surface area contributed by atoms with Gasteiger partial charge in [0.05, 0.1) is 6.54 Å². The summed E-state index contributed by atoms with van der Waals surface area (Å²) >= 11 is 0. The number of carbonyl (C=O) groups is 1. The molecule has 0 spiro atoms. The molecule has 0 atom stereocenters. The molecule has 0 aliphatic carbocycles. The van der Waals surface area contributed by atoms with Crippen molar-refractivity contribution in [1.82, 2.24) is 5.32 Å². The minimum Gasteiger partial charge on any atom is -0.385 e. The van der Waals surface area contributed by atoms with E-state index in [-0.39, 0.29) is 5.91 Å². The Labute approximate surface area is 109 Å². The van der Waals surface area contributed by atoms with Crippen LogP contribution in [0.3, 0.4) is 0 Å². The second kappa shape index (κ2) is 8.66. The fraction of sp³-hybridized carbons (Fsp3) is 0.500. The van der Waals surface area contributed by atoms with Gasteiger partial charge in [-0.3, -0.25) is 4.79 Å². The molecule has 0 saturated carbocycles. The van der Waals surface area contributed by atoms with Gasteiger partial charge in [-0.05, 0) is 44.0 Å². The smallest absolute Gasteiger partial charge is 0.238 e. The Bertz CT molecular complexity index is 367. The Morgan fingerprint density at radius 3 is 2.89 bits per heavy atom. The van der Waals surface area contributed by atoms with Gasteiger partial charge in [0.2, 0.25) is 5.91 Å². The molecule has 18 heavy (non-hydrogen) atoms. The number of hydrogen-bond donors (Lipinski definition) is 2. The zero-order valence-electron chi connectivity index (χ0n) is 11.2. The van der Waals surface area contributed by atoms with Gasteiger partial charge in [-0.15, -0.1) is 0 Å². The third kappa shape index (κ3) is 6.37. The Hall–Kier alpha value is -1.39. The molecule has 0 aliphatic heterocycles. The quantitative estimate of drug-likeness (QED) is 0.693. The van der Waals surface area contributed by atoms with E-state index in [1.54, 1.807) is 7.11 Å². The predicted octanol–water partition coefficient (Wildman–Crippen LogP) is 1.95. The fourth-order valence-corrected chi connectivity index (χ4v) is 1.63. The number of anilines is 1. The van der Waals surface area contributed by atoms with Gasteiger partial charge in [0.1, 0.15) is 0 Å². The summed E-state index contributed by atoms with van der Waals surface area (Å²) in [5.74, 6) is -0.00709. The first kappa shape index (κ1) is 14.7. The zero-order valence-corrected chi connectivity index (χ0v) is 11.2. The summed E-state index contributed by atoms with van der Waals surface area (Å²) in [5, 5.41) is 5.97. The second-order valence-electron chi connectivity index (χ2n) is 4.29. The highest BCUT2D eigenvalue weighted by atomic mass is 16.5. The van der Waals surface area contributed by atoms with Gasteiger partial charge in [-0.2, -0.15) is 0 Å². The van der Waals surface area contributed by atoms with Crippen molar-refractivity contribution in [2.45, 2.75) is 19.8 Å². The van der Waals surface area contributed by atoms with Crippen molar-refractivity contribution in [3.63, 3.8) is 0 Å². The maximum Gasteiger partial charge on any atom is 0.238 e. The van der Waals surface area contributed by atoms with Crippen LogP contribution in [0.25, 0.3) is 0 Å². The summed E-state index contributed by atoms with van der Waals surface area (Å²) in [6, 6.07) is 7.78. The van der Waals surface area contributed by atoms with Gasteiger partial charge in [0.25, 0.3) is 0 Å². The first-order valence-electron chi connectivity index (χ1n) is 6.28. The summed E-state index contributed by atoms with van der Waals surface area (Å²) in [5.41, 5.74) is 1.99. The van der Waals surface area contributed by atoms with E-state index in [4.69, 9.17) is 4.74 Å². The number of nitrogens with one attached hydrogen (secondary N) is 2. The van der Waals surface area contributed by atoms with E-state index in [9.17, 15) is 4.79 Å². The first-order chi connectivity index (χ1) is 8.72. The minimum atomic E-state index is -0.00709. The number of benzene rings is 1. The van der Waals surface area contributed by atoms with Crippen LogP contribution in [-0.2, 0) is 9.53 Å². The van der Waals surface area contributed by atoms with Crippen LogP contribution < -0.4 is 10.6 Å². The number of amides is 1. The summed E-state index contributed by atoms with van der Waals surface area (Å²) in [6.45, 7) is 3.96. The molecule has 0 aromatic heterocycles. The maximum absolute atomic E-state index is 11.6. The molecule has 1 amide bonds. The van der Waals surface area contributed by atoms with Gasteiger partial charge in [0, 0.05) is 19.4 Å². The molecule has 4 heteroatoms. The Kier molecular flexibility index (Phi) is 7.06. The lowest BCUT2D eigenvalue weighted by Crippen LogP contribution is -2.28. The van der Waals surface area contributed by atoms with E-state index < -0.39 is 0 Å². The van der Waals surface area contributed by atoms with Crippen molar-refractivity contribution in [2.24, 2.45) is 0 Å². The van der Waals surface area contributed by atoms with E-state index in [1.807, 2.05) is 31.2 Å². The number of methoxy groups -OCH3 is 1. The van der Waals surface area contributed by atoms with Crippen LogP contribution in [0.15, 0.2) is 24.3 Å². The summed E-state index contributed by atoms with van der Waals surface area (Å²) in [7, 11) is 1.70. The van der Waals surface area contributed by atoms with Crippen LogP contribution in [0.4, 0.5) is 5.69 Å². The Morgan fingerprint density at radius 1 is 1.33 bits per heavy atom. The predicted molar refractivity (Wildman–Crippen MR) is 73.8 cm³/mol. The molecule has 0 bridgehead atoms. The van der Waals surface area contributed by atoms with E-state index in [1.165, 1.54) is 0 Å². The fourth-order valence-electron chi connectivity index (χ4n) is 1.63. The largest absolute Gasteiger partial charge is 0.385 e. The van der Waals surface area contributed by atoms with Gasteiger partial charge >= 0.3 is 0 Å². The number of rotatable bonds is 8. The maximum atomic E-state index is 11.6. The molecule has 0 aliphatic rings. The van der Waals surface area contributed by atoms with Gasteiger partial charge < -0.3 is 15.4 Å². The lowest BCUT2D eigenvalue weighted by Gasteiger charge is -2.07. The van der Waals surface area contributed by atoms with Crippen LogP contribution in [-0.4, -0.2) is 32.7 Å². The number of carbonyl (C=O) groups excluding carboxylic acids is 1. The van der Waals surface area contributed by atoms with E-state index in [2.05, 4.69) is 10.6 Å². The first-order valence-corrected chi connectivity index (χ1v) is 6.28. The molecular weight excluding hydrogens is 228 g/mol. The number of hydrogen-bond acceptors (Lipinski definition) is 3. The van der Waals surface area contributed by atoms with Crippen molar-refractivity contribution in [1.29, 1.82) is 0 Å². The van der Waals surface area contributed by atoms with Crippen LogP contribution in [0.2, 0.25) is 0 Å². The van der Waals surface area contributed by atoms with Crippen LogP contribution in [0.5, 0.6) is 0 Å². The second-order valence-corrected chi connectivity index (χ2v) is 4.29. The Morgan fingerprint density at radius 2 is 2.17 bits per heavy atom. The average Bonchev–Trinajstić information content (AvgIpc) is 2.33. The van der Waals surface area contributed by atoms with Crippen molar-refractivity contribution >= 4 is 11.6 Å². The number of aryl methyl sites for hydroxylation is 1. The molecular formula is C14H22N2O2. The molecule has 2 N–H and O–H groups in total. The molecule has 0 fully saturated rings. The normalized spacial score (nSPS) is 10.3. The SMILES string of the molecule is COCCCCNCC(=O)Nc1cccc(C)c1. The molecule has 0 saturated heterocycles. The van der Waals surface area contributed by atoms with Gasteiger partial charge in [-0.1, -0.05) is 12.1 Å². The van der Waals surface area contributed by atoms with Gasteiger partial charge in [-0.25, -0.2) is 0 Å². The standard InChI is InChI=1S/C14H22N2O2/c1-12-6-5-7-13(10-12)16-14(17)11-15-8-3-4-9-18-2/h5-7,10,15H,3-4,8-9,11H2,1-2H3,(H,16,17). The van der Waals surface area contributed by atoms with E-state index in [0.29, 0.717) is 6.54 Å². The lowest BCUT2D eigenvalue weighted by atomic mass is 10.2. The van der Waals surface area contributed by atoms with E-state index >= 15 is 0 Å². The summed E-state index contributed by atoms with van der Waals surface area (Å²) in [6.07, 6.45) is 2.04. The highest BCUT2D eigenvalue weighted by Gasteiger charge is 2.01. The summed E-state index contributed by atoms with van der Waals surface area (Å²) in [4.78, 5) is 11.6. The molecule has 100 valence electrons. The number of ether oxygens (including phenoxy) is 1. The molecule has 0 heterocycles. The van der Waals surface area contributed by atoms with Crippen LogP contribution in [0, 0.1) is 6.92 Å². The molecule has 0 unspecified atom stereocenters. The molecule has 1 rings (SSSR count). The van der Waals surface area contributed by atoms with Crippen LogP contribution in [0.1, 0.15) is 18.4 Å². The highest BCUT2D eigenvalue weighted by Crippen LogP contribution is 2.08. The average molecular weight is 250 g/mol. The van der Waals surface area contributed by atoms with E-state index in [0.717, 1.165) is 37.2 Å². The molecule has 4 nitrogen and oxygen atoms in total. The Balaban J connectivity index is 2.14. The third-order valence-corrected chi connectivity index (χ3v) is 2.54. The molecule has 1 aromatic carbocycles. The van der Waals surface area contributed by atoms with Crippen molar-refractivity contribution in [3.8, 4) is 0 Å². The molecule has 0 radical (unpaired) electrons. The van der Waals surface area contributed by atoms with Crippen molar-refractivity contribution in [2.75, 3.05) is 32.1 Å². The lowest BCUT2D eigenvalue weighted by molar-refractivity contribution is -0.115. The minimum absolute atomic E-state index is 0.00709. The van der Waals surface area contributed by atoms with Crippen molar-refractivity contribution < 1.29 is 9.53 Å². The zero-order chi connectivity index (χ0) is 13.2. The van der Waals surface area contributed by atoms with Crippen molar-refractivity contribution in [3.05, 3.63) is 29.8 Å². The highest BCUT2D eigenvalue weighted by molar-refractivity contribution is 5.92. The molecule has 1 aromatic rings. The topological polar surface area (TPSA) is 50.4 Å². The third-order valence-electron chi connectivity index (χ3n) is 2.54. The number of unbranched alkanes of at least 4 members (excludes halogenated alkanes) is 1. The van der Waals surface area contributed by atoms with Crippen LogP contribution >= 0.6 is 0 Å². The monoisotopic (exact) mass is 250 g/mol. The van der Waals surface area contributed by atoms with Gasteiger partial charge in [0.15, 0.2) is 0 Å².